The van der Waals surface area contributed by atoms with Crippen LogP contribution in [0.3, 0.4) is 0 Å². The summed E-state index contributed by atoms with van der Waals surface area (Å²) in [4.78, 5) is 23.3. The molecule has 22 heavy (non-hydrogen) atoms. The van der Waals surface area contributed by atoms with E-state index in [1.165, 1.54) is 13.4 Å². The van der Waals surface area contributed by atoms with Gasteiger partial charge in [0.25, 0.3) is 5.91 Å². The quantitative estimate of drug-likeness (QED) is 0.710. The number of nitrogens with one attached hydrogen (secondary N) is 3. The van der Waals surface area contributed by atoms with Gasteiger partial charge in [0.2, 0.25) is 0 Å². The number of anilines is 1. The summed E-state index contributed by atoms with van der Waals surface area (Å²) in [5.74, 6) is 0.485. The molecule has 3 N–H and O–H groups in total. The van der Waals surface area contributed by atoms with Crippen molar-refractivity contribution >= 4 is 17.6 Å². The van der Waals surface area contributed by atoms with Crippen molar-refractivity contribution < 1.29 is 18.7 Å². The van der Waals surface area contributed by atoms with E-state index < -0.39 is 0 Å². The van der Waals surface area contributed by atoms with Crippen LogP contribution in [-0.2, 0) is 0 Å². The molecule has 1 heterocycles. The zero-order valence-corrected chi connectivity index (χ0v) is 12.1. The summed E-state index contributed by atoms with van der Waals surface area (Å²) >= 11 is 0. The monoisotopic (exact) mass is 303 g/mol. The van der Waals surface area contributed by atoms with Crippen LogP contribution in [0.5, 0.6) is 5.75 Å². The van der Waals surface area contributed by atoms with Gasteiger partial charge < -0.3 is 25.1 Å². The fraction of sp³-hybridized carbons (Fsp3) is 0.200. The minimum absolute atomic E-state index is 0.235. The number of carbonyl (C=O) groups is 2. The molecule has 0 fully saturated rings. The van der Waals surface area contributed by atoms with Gasteiger partial charge in [0, 0.05) is 13.1 Å². The first-order valence-corrected chi connectivity index (χ1v) is 6.70. The lowest BCUT2D eigenvalue weighted by Crippen LogP contribution is -2.36. The highest BCUT2D eigenvalue weighted by molar-refractivity contribution is 5.92. The maximum absolute atomic E-state index is 11.7. The van der Waals surface area contributed by atoms with Crippen molar-refractivity contribution in [2.45, 2.75) is 0 Å². The SMILES string of the molecule is COc1ccccc1NC(=O)NCCNC(=O)c1ccco1. The highest BCUT2D eigenvalue weighted by Gasteiger charge is 2.08. The first-order chi connectivity index (χ1) is 10.7. The van der Waals surface area contributed by atoms with Crippen molar-refractivity contribution in [1.82, 2.24) is 10.6 Å². The number of benzene rings is 1. The van der Waals surface area contributed by atoms with Crippen LogP contribution < -0.4 is 20.7 Å². The van der Waals surface area contributed by atoms with Crippen molar-refractivity contribution in [1.29, 1.82) is 0 Å². The van der Waals surface area contributed by atoms with Crippen molar-refractivity contribution in [2.24, 2.45) is 0 Å². The first kappa shape index (κ1) is 15.4. The van der Waals surface area contributed by atoms with Crippen LogP contribution in [0.4, 0.5) is 10.5 Å². The average molecular weight is 303 g/mol. The molecule has 0 saturated heterocycles. The zero-order valence-electron chi connectivity index (χ0n) is 12.1. The lowest BCUT2D eigenvalue weighted by atomic mass is 10.3. The van der Waals surface area contributed by atoms with Gasteiger partial charge in [-0.2, -0.15) is 0 Å². The van der Waals surface area contributed by atoms with E-state index in [9.17, 15) is 9.59 Å². The number of para-hydroxylation sites is 2. The Hall–Kier alpha value is -2.96. The summed E-state index contributed by atoms with van der Waals surface area (Å²) in [6.45, 7) is 0.576. The number of ether oxygens (including phenoxy) is 1. The maximum Gasteiger partial charge on any atom is 0.319 e. The van der Waals surface area contributed by atoms with Gasteiger partial charge in [-0.05, 0) is 24.3 Å². The number of rotatable bonds is 6. The Bertz CT molecular complexity index is 625. The van der Waals surface area contributed by atoms with E-state index >= 15 is 0 Å². The Kier molecular flexibility index (Phi) is 5.42. The van der Waals surface area contributed by atoms with Crippen molar-refractivity contribution in [3.05, 3.63) is 48.4 Å². The standard InChI is InChI=1S/C15H17N3O4/c1-21-12-6-3-2-5-11(12)18-15(20)17-9-8-16-14(19)13-7-4-10-22-13/h2-7,10H,8-9H2,1H3,(H,16,19)(H2,17,18,20). The Morgan fingerprint density at radius 2 is 1.86 bits per heavy atom. The lowest BCUT2D eigenvalue weighted by Gasteiger charge is -2.11. The second kappa shape index (κ2) is 7.72. The first-order valence-electron chi connectivity index (χ1n) is 6.70. The summed E-state index contributed by atoms with van der Waals surface area (Å²) in [5, 5.41) is 7.93. The Morgan fingerprint density at radius 1 is 1.09 bits per heavy atom. The third kappa shape index (κ3) is 4.27. The molecule has 0 aliphatic rings. The molecule has 116 valence electrons. The Morgan fingerprint density at radius 3 is 2.59 bits per heavy atom. The van der Waals surface area contributed by atoms with Crippen LogP contribution in [0.25, 0.3) is 0 Å². The lowest BCUT2D eigenvalue weighted by molar-refractivity contribution is 0.0926. The fourth-order valence-corrected chi connectivity index (χ4v) is 1.76. The molecule has 0 saturated carbocycles. The van der Waals surface area contributed by atoms with Gasteiger partial charge in [-0.25, -0.2) is 4.79 Å². The second-order valence-corrected chi connectivity index (χ2v) is 4.31. The molecule has 0 atom stereocenters. The molecule has 0 unspecified atom stereocenters. The molecule has 2 aromatic rings. The predicted octanol–water partition coefficient (Wildman–Crippen LogP) is 1.84. The van der Waals surface area contributed by atoms with E-state index in [0.717, 1.165) is 0 Å². The molecule has 3 amide bonds. The molecule has 1 aromatic carbocycles. The molecular formula is C15H17N3O4. The van der Waals surface area contributed by atoms with Gasteiger partial charge in [-0.1, -0.05) is 12.1 Å². The number of hydrogen-bond acceptors (Lipinski definition) is 4. The minimum atomic E-state index is -0.378. The summed E-state index contributed by atoms with van der Waals surface area (Å²) in [6.07, 6.45) is 1.42. The van der Waals surface area contributed by atoms with E-state index in [1.54, 1.807) is 30.3 Å². The number of amides is 3. The zero-order chi connectivity index (χ0) is 15.8. The van der Waals surface area contributed by atoms with E-state index in [0.29, 0.717) is 18.0 Å². The van der Waals surface area contributed by atoms with E-state index in [2.05, 4.69) is 16.0 Å². The summed E-state index contributed by atoms with van der Waals surface area (Å²) in [7, 11) is 1.53. The normalized spacial score (nSPS) is 9.86. The largest absolute Gasteiger partial charge is 0.495 e. The molecule has 0 aliphatic carbocycles. The van der Waals surface area contributed by atoms with Crippen molar-refractivity contribution in [3.63, 3.8) is 0 Å². The third-order valence-electron chi connectivity index (χ3n) is 2.80. The van der Waals surface area contributed by atoms with Crippen molar-refractivity contribution in [3.8, 4) is 5.75 Å². The molecule has 0 spiro atoms. The topological polar surface area (TPSA) is 92.6 Å². The molecule has 0 bridgehead atoms. The van der Waals surface area contributed by atoms with Crippen LogP contribution in [-0.4, -0.2) is 32.1 Å². The molecule has 7 nitrogen and oxygen atoms in total. The van der Waals surface area contributed by atoms with Gasteiger partial charge in [-0.15, -0.1) is 0 Å². The van der Waals surface area contributed by atoms with Gasteiger partial charge in [0.15, 0.2) is 5.76 Å². The molecule has 7 heteroatoms. The molecule has 1 aromatic heterocycles. The highest BCUT2D eigenvalue weighted by Crippen LogP contribution is 2.22. The van der Waals surface area contributed by atoms with Crippen LogP contribution >= 0.6 is 0 Å². The Labute approximate surface area is 127 Å². The van der Waals surface area contributed by atoms with Crippen LogP contribution in [0.1, 0.15) is 10.6 Å². The summed E-state index contributed by atoms with van der Waals surface area (Å²) < 4.78 is 10.1. The fourth-order valence-electron chi connectivity index (χ4n) is 1.76. The molecule has 2 rings (SSSR count). The number of hydrogen-bond donors (Lipinski definition) is 3. The smallest absolute Gasteiger partial charge is 0.319 e. The van der Waals surface area contributed by atoms with Crippen LogP contribution in [0.2, 0.25) is 0 Å². The number of carbonyl (C=O) groups excluding carboxylic acids is 2. The van der Waals surface area contributed by atoms with E-state index in [-0.39, 0.29) is 24.2 Å². The average Bonchev–Trinajstić information content (AvgIpc) is 3.06. The summed E-state index contributed by atoms with van der Waals surface area (Å²) in [6, 6.07) is 9.91. The van der Waals surface area contributed by atoms with Crippen molar-refractivity contribution in [2.75, 3.05) is 25.5 Å². The number of furan rings is 1. The maximum atomic E-state index is 11.7. The van der Waals surface area contributed by atoms with Gasteiger partial charge in [0.05, 0.1) is 19.1 Å². The minimum Gasteiger partial charge on any atom is -0.495 e. The summed E-state index contributed by atoms with van der Waals surface area (Å²) in [5.41, 5.74) is 0.571. The van der Waals surface area contributed by atoms with Gasteiger partial charge >= 0.3 is 6.03 Å². The second-order valence-electron chi connectivity index (χ2n) is 4.31. The highest BCUT2D eigenvalue weighted by atomic mass is 16.5. The Balaban J connectivity index is 1.71. The number of methoxy groups -OCH3 is 1. The van der Waals surface area contributed by atoms with E-state index in [4.69, 9.17) is 9.15 Å². The van der Waals surface area contributed by atoms with Gasteiger partial charge in [-0.3, -0.25) is 4.79 Å². The predicted molar refractivity (Wildman–Crippen MR) is 81.1 cm³/mol. The third-order valence-corrected chi connectivity index (χ3v) is 2.80. The van der Waals surface area contributed by atoms with E-state index in [1.807, 2.05) is 6.07 Å². The van der Waals surface area contributed by atoms with Crippen LogP contribution in [0, 0.1) is 0 Å². The number of urea groups is 1. The molecule has 0 aliphatic heterocycles. The van der Waals surface area contributed by atoms with Crippen LogP contribution in [0.15, 0.2) is 47.1 Å². The van der Waals surface area contributed by atoms with Gasteiger partial charge in [0.1, 0.15) is 5.75 Å². The molecular weight excluding hydrogens is 286 g/mol. The molecule has 0 radical (unpaired) electrons.